The third-order valence-electron chi connectivity index (χ3n) is 3.28. The Morgan fingerprint density at radius 3 is 2.55 bits per heavy atom. The zero-order chi connectivity index (χ0) is 16.3. The average Bonchev–Trinajstić information content (AvgIpc) is 2.44. The normalized spacial score (nSPS) is 10.4. The van der Waals surface area contributed by atoms with Crippen LogP contribution in [0.5, 0.6) is 5.75 Å². The molecule has 0 aliphatic rings. The Kier molecular flexibility index (Phi) is 5.69. The van der Waals surface area contributed by atoms with Crippen LogP contribution in [-0.4, -0.2) is 12.5 Å². The molecule has 2 aromatic carbocycles. The van der Waals surface area contributed by atoms with Crippen molar-refractivity contribution in [3.05, 3.63) is 55.6 Å². The minimum atomic E-state index is -0.182. The molecule has 0 saturated heterocycles. The van der Waals surface area contributed by atoms with Crippen LogP contribution >= 0.6 is 34.2 Å². The van der Waals surface area contributed by atoms with Crippen LogP contribution in [0.25, 0.3) is 0 Å². The lowest BCUT2D eigenvalue weighted by molar-refractivity contribution is -0.118. The number of rotatable bonds is 4. The van der Waals surface area contributed by atoms with Gasteiger partial charge in [-0.15, -0.1) is 0 Å². The van der Waals surface area contributed by atoms with Gasteiger partial charge in [-0.1, -0.05) is 11.6 Å². The van der Waals surface area contributed by atoms with E-state index in [0.29, 0.717) is 10.8 Å². The Balaban J connectivity index is 2.00. The number of ether oxygens (including phenoxy) is 1. The second kappa shape index (κ2) is 7.33. The molecule has 1 amide bonds. The molecule has 0 unspecified atom stereocenters. The Bertz CT molecular complexity index is 716. The first-order valence-corrected chi connectivity index (χ1v) is 8.28. The molecule has 0 atom stereocenters. The molecule has 0 bridgehead atoms. The molecule has 0 aliphatic carbocycles. The number of benzene rings is 2. The quantitative estimate of drug-likeness (QED) is 0.703. The molecule has 0 heterocycles. The average molecular weight is 430 g/mol. The topological polar surface area (TPSA) is 38.3 Å². The van der Waals surface area contributed by atoms with Gasteiger partial charge in [0.1, 0.15) is 5.75 Å². The standard InChI is InChI=1S/C17H17ClINO2/c1-10-8-15(11(2)7-14(10)19)20-17(21)9-22-16-5-4-13(18)6-12(16)3/h4-8H,9H2,1-3H3,(H,20,21). The Hall–Kier alpha value is -1.27. The molecule has 2 aromatic rings. The van der Waals surface area contributed by atoms with Gasteiger partial charge < -0.3 is 10.1 Å². The largest absolute Gasteiger partial charge is 0.483 e. The summed E-state index contributed by atoms with van der Waals surface area (Å²) in [4.78, 5) is 12.0. The van der Waals surface area contributed by atoms with E-state index in [9.17, 15) is 4.79 Å². The van der Waals surface area contributed by atoms with Gasteiger partial charge in [-0.2, -0.15) is 0 Å². The highest BCUT2D eigenvalue weighted by Crippen LogP contribution is 2.23. The van der Waals surface area contributed by atoms with Crippen molar-refractivity contribution < 1.29 is 9.53 Å². The van der Waals surface area contributed by atoms with E-state index in [2.05, 4.69) is 34.0 Å². The van der Waals surface area contributed by atoms with Gasteiger partial charge in [0.05, 0.1) is 0 Å². The summed E-state index contributed by atoms with van der Waals surface area (Å²) in [6, 6.07) is 9.35. The molecule has 0 saturated carbocycles. The summed E-state index contributed by atoms with van der Waals surface area (Å²) in [5.41, 5.74) is 3.89. The van der Waals surface area contributed by atoms with Crippen molar-refractivity contribution >= 4 is 45.8 Å². The number of carbonyl (C=O) groups excluding carboxylic acids is 1. The van der Waals surface area contributed by atoms with Gasteiger partial charge in [0.15, 0.2) is 6.61 Å². The van der Waals surface area contributed by atoms with E-state index in [-0.39, 0.29) is 12.5 Å². The van der Waals surface area contributed by atoms with Crippen LogP contribution in [0.3, 0.4) is 0 Å². The highest BCUT2D eigenvalue weighted by atomic mass is 127. The van der Waals surface area contributed by atoms with Crippen LogP contribution in [0.4, 0.5) is 5.69 Å². The van der Waals surface area contributed by atoms with E-state index in [1.54, 1.807) is 18.2 Å². The Morgan fingerprint density at radius 2 is 1.86 bits per heavy atom. The van der Waals surface area contributed by atoms with E-state index in [0.717, 1.165) is 22.4 Å². The van der Waals surface area contributed by atoms with Crippen molar-refractivity contribution in [2.45, 2.75) is 20.8 Å². The van der Waals surface area contributed by atoms with Gasteiger partial charge in [-0.05, 0) is 90.4 Å². The molecule has 116 valence electrons. The maximum absolute atomic E-state index is 12.0. The monoisotopic (exact) mass is 429 g/mol. The maximum Gasteiger partial charge on any atom is 0.262 e. The SMILES string of the molecule is Cc1cc(NC(=O)COc2ccc(Cl)cc2C)c(C)cc1I. The summed E-state index contributed by atoms with van der Waals surface area (Å²) < 4.78 is 6.73. The first-order chi connectivity index (χ1) is 10.4. The van der Waals surface area contributed by atoms with E-state index in [4.69, 9.17) is 16.3 Å². The number of nitrogens with one attached hydrogen (secondary N) is 1. The van der Waals surface area contributed by atoms with Crippen molar-refractivity contribution in [1.29, 1.82) is 0 Å². The zero-order valence-electron chi connectivity index (χ0n) is 12.7. The summed E-state index contributed by atoms with van der Waals surface area (Å²) in [5, 5.41) is 3.54. The summed E-state index contributed by atoms with van der Waals surface area (Å²) in [5.74, 6) is 0.480. The van der Waals surface area contributed by atoms with Gasteiger partial charge >= 0.3 is 0 Å². The molecule has 0 radical (unpaired) electrons. The van der Waals surface area contributed by atoms with Crippen molar-refractivity contribution in [2.75, 3.05) is 11.9 Å². The lowest BCUT2D eigenvalue weighted by Gasteiger charge is -2.12. The van der Waals surface area contributed by atoms with Gasteiger partial charge in [-0.25, -0.2) is 0 Å². The highest BCUT2D eigenvalue weighted by molar-refractivity contribution is 14.1. The summed E-state index contributed by atoms with van der Waals surface area (Å²) in [6.07, 6.45) is 0. The predicted molar refractivity (Wildman–Crippen MR) is 98.9 cm³/mol. The van der Waals surface area contributed by atoms with Gasteiger partial charge in [-0.3, -0.25) is 4.79 Å². The molecule has 5 heteroatoms. The van der Waals surface area contributed by atoms with Crippen molar-refractivity contribution in [3.8, 4) is 5.75 Å². The molecular weight excluding hydrogens is 413 g/mol. The van der Waals surface area contributed by atoms with Crippen molar-refractivity contribution in [3.63, 3.8) is 0 Å². The summed E-state index contributed by atoms with van der Waals surface area (Å²) in [6.45, 7) is 5.85. The fraction of sp³-hybridized carbons (Fsp3) is 0.235. The highest BCUT2D eigenvalue weighted by Gasteiger charge is 2.09. The smallest absolute Gasteiger partial charge is 0.262 e. The van der Waals surface area contributed by atoms with E-state index < -0.39 is 0 Å². The van der Waals surface area contributed by atoms with E-state index >= 15 is 0 Å². The Morgan fingerprint density at radius 1 is 1.14 bits per heavy atom. The number of hydrogen-bond acceptors (Lipinski definition) is 2. The van der Waals surface area contributed by atoms with Crippen LogP contribution in [0.15, 0.2) is 30.3 Å². The number of amides is 1. The van der Waals surface area contributed by atoms with Crippen LogP contribution < -0.4 is 10.1 Å². The lowest BCUT2D eigenvalue weighted by atomic mass is 10.1. The maximum atomic E-state index is 12.0. The third kappa shape index (κ3) is 4.36. The van der Waals surface area contributed by atoms with Crippen LogP contribution in [0, 0.1) is 24.3 Å². The third-order valence-corrected chi connectivity index (χ3v) is 4.67. The second-order valence-corrected chi connectivity index (χ2v) is 6.76. The summed E-state index contributed by atoms with van der Waals surface area (Å²) >= 11 is 8.18. The van der Waals surface area contributed by atoms with Crippen molar-refractivity contribution in [2.24, 2.45) is 0 Å². The number of carbonyl (C=O) groups is 1. The van der Waals surface area contributed by atoms with Crippen LogP contribution in [-0.2, 0) is 4.79 Å². The predicted octanol–water partition coefficient (Wildman–Crippen LogP) is 4.89. The minimum absolute atomic E-state index is 0.0348. The lowest BCUT2D eigenvalue weighted by Crippen LogP contribution is -2.21. The molecule has 22 heavy (non-hydrogen) atoms. The number of anilines is 1. The fourth-order valence-electron chi connectivity index (χ4n) is 2.02. The summed E-state index contributed by atoms with van der Waals surface area (Å²) in [7, 11) is 0. The number of aryl methyl sites for hydroxylation is 3. The van der Waals surface area contributed by atoms with Crippen LogP contribution in [0.1, 0.15) is 16.7 Å². The van der Waals surface area contributed by atoms with Gasteiger partial charge in [0, 0.05) is 14.3 Å². The van der Waals surface area contributed by atoms with E-state index in [1.165, 1.54) is 3.57 Å². The number of hydrogen-bond donors (Lipinski definition) is 1. The number of halogens is 2. The molecule has 1 N–H and O–H groups in total. The molecule has 0 fully saturated rings. The van der Waals surface area contributed by atoms with Gasteiger partial charge in [0.25, 0.3) is 5.91 Å². The van der Waals surface area contributed by atoms with Gasteiger partial charge in [0.2, 0.25) is 0 Å². The fourth-order valence-corrected chi connectivity index (χ4v) is 2.87. The molecule has 3 nitrogen and oxygen atoms in total. The van der Waals surface area contributed by atoms with E-state index in [1.807, 2.05) is 26.8 Å². The minimum Gasteiger partial charge on any atom is -0.483 e. The second-order valence-electron chi connectivity index (χ2n) is 5.16. The molecule has 2 rings (SSSR count). The molecule has 0 aromatic heterocycles. The van der Waals surface area contributed by atoms with Crippen LogP contribution in [0.2, 0.25) is 5.02 Å². The first-order valence-electron chi connectivity index (χ1n) is 6.82. The first kappa shape index (κ1) is 17.1. The Labute approximate surface area is 149 Å². The zero-order valence-corrected chi connectivity index (χ0v) is 15.6. The molecule has 0 spiro atoms. The molecule has 0 aliphatic heterocycles. The molecular formula is C17H17ClINO2. The van der Waals surface area contributed by atoms with Crippen molar-refractivity contribution in [1.82, 2.24) is 0 Å².